The molecule has 0 bridgehead atoms. The second kappa shape index (κ2) is 7.28. The number of hydrogen-bond acceptors (Lipinski definition) is 1. The van der Waals surface area contributed by atoms with E-state index in [1.54, 1.807) is 22.0 Å². The summed E-state index contributed by atoms with van der Waals surface area (Å²) in [6.07, 6.45) is 6.25. The van der Waals surface area contributed by atoms with Gasteiger partial charge in [-0.2, -0.15) is 4.57 Å². The Morgan fingerprint density at radius 3 is 2.58 bits per heavy atom. The van der Waals surface area contributed by atoms with Crippen LogP contribution in [0.4, 0.5) is 4.79 Å². The summed E-state index contributed by atoms with van der Waals surface area (Å²) in [5, 5.41) is 0. The Balaban J connectivity index is 0.00000180. The summed E-state index contributed by atoms with van der Waals surface area (Å²) in [6, 6.07) is 10.2. The summed E-state index contributed by atoms with van der Waals surface area (Å²) in [7, 11) is 3.72. The Bertz CT molecular complexity index is 524. The van der Waals surface area contributed by atoms with Gasteiger partial charge < -0.3 is 28.9 Å². The molecule has 2 aromatic rings. The summed E-state index contributed by atoms with van der Waals surface area (Å²) in [5.41, 5.74) is 1.25. The minimum atomic E-state index is -0.00784. The Morgan fingerprint density at radius 2 is 2.00 bits per heavy atom. The normalized spacial score (nSPS) is 9.79. The fourth-order valence-electron chi connectivity index (χ4n) is 1.80. The standard InChI is InChI=1S/C14H18N3O.HI/c1-15-10-11-17(12-15)14(18)16(2)9-8-13-6-4-3-5-7-13;/h3-7,10-12H,8-9H2,1-2H3;1H/q+1;/p-1. The largest absolute Gasteiger partial charge is 1.00 e. The maximum atomic E-state index is 12.1. The summed E-state index contributed by atoms with van der Waals surface area (Å²) >= 11 is 0. The van der Waals surface area contributed by atoms with Gasteiger partial charge in [-0.25, -0.2) is 9.36 Å². The second-order valence-corrected chi connectivity index (χ2v) is 4.43. The quantitative estimate of drug-likeness (QED) is 0.475. The van der Waals surface area contributed by atoms with Crippen LogP contribution < -0.4 is 28.5 Å². The van der Waals surface area contributed by atoms with Crippen molar-refractivity contribution in [3.8, 4) is 0 Å². The second-order valence-electron chi connectivity index (χ2n) is 4.43. The Kier molecular flexibility index (Phi) is 6.01. The molecule has 0 unspecified atom stereocenters. The number of aryl methyl sites for hydroxylation is 1. The lowest BCUT2D eigenvalue weighted by Gasteiger charge is -2.13. The summed E-state index contributed by atoms with van der Waals surface area (Å²) in [6.45, 7) is 0.713. The number of amides is 1. The molecule has 1 aromatic carbocycles. The van der Waals surface area contributed by atoms with Crippen molar-refractivity contribution in [3.63, 3.8) is 0 Å². The molecule has 1 amide bonds. The van der Waals surface area contributed by atoms with E-state index >= 15 is 0 Å². The molecule has 0 aliphatic rings. The van der Waals surface area contributed by atoms with Crippen molar-refractivity contribution in [2.24, 2.45) is 7.05 Å². The molecule has 102 valence electrons. The fraction of sp³-hybridized carbons (Fsp3) is 0.286. The van der Waals surface area contributed by atoms with Gasteiger partial charge in [0.1, 0.15) is 12.4 Å². The summed E-state index contributed by atoms with van der Waals surface area (Å²) in [5.74, 6) is 0. The van der Waals surface area contributed by atoms with Gasteiger partial charge in [0.2, 0.25) is 0 Å². The highest BCUT2D eigenvalue weighted by atomic mass is 127. The van der Waals surface area contributed by atoms with Gasteiger partial charge in [0, 0.05) is 13.6 Å². The van der Waals surface area contributed by atoms with Crippen molar-refractivity contribution >= 4 is 6.03 Å². The van der Waals surface area contributed by atoms with E-state index in [1.165, 1.54) is 5.56 Å². The van der Waals surface area contributed by atoms with Crippen molar-refractivity contribution in [2.45, 2.75) is 6.42 Å². The number of halogens is 1. The minimum Gasteiger partial charge on any atom is -1.00 e. The molecule has 19 heavy (non-hydrogen) atoms. The van der Waals surface area contributed by atoms with Gasteiger partial charge in [0.15, 0.2) is 0 Å². The molecule has 0 aliphatic heterocycles. The molecule has 1 heterocycles. The predicted molar refractivity (Wildman–Crippen MR) is 69.2 cm³/mol. The lowest BCUT2D eigenvalue weighted by molar-refractivity contribution is -0.670. The van der Waals surface area contributed by atoms with E-state index in [9.17, 15) is 4.79 Å². The van der Waals surface area contributed by atoms with Crippen LogP contribution in [0.15, 0.2) is 49.1 Å². The van der Waals surface area contributed by atoms with Crippen molar-refractivity contribution in [1.82, 2.24) is 9.47 Å². The van der Waals surface area contributed by atoms with Crippen LogP contribution in [0.3, 0.4) is 0 Å². The third kappa shape index (κ3) is 4.34. The Hall–Kier alpha value is -1.37. The van der Waals surface area contributed by atoms with Crippen molar-refractivity contribution in [1.29, 1.82) is 0 Å². The van der Waals surface area contributed by atoms with Crippen LogP contribution in [0, 0.1) is 0 Å². The lowest BCUT2D eigenvalue weighted by atomic mass is 10.1. The number of benzene rings is 1. The van der Waals surface area contributed by atoms with Crippen LogP contribution in [0.2, 0.25) is 0 Å². The maximum Gasteiger partial charge on any atom is 0.415 e. The van der Waals surface area contributed by atoms with Crippen LogP contribution in [-0.4, -0.2) is 29.1 Å². The first kappa shape index (κ1) is 15.7. The molecular formula is C14H18IN3O. The highest BCUT2D eigenvalue weighted by molar-refractivity contribution is 5.76. The van der Waals surface area contributed by atoms with Gasteiger partial charge in [0.25, 0.3) is 6.33 Å². The van der Waals surface area contributed by atoms with Gasteiger partial charge in [-0.05, 0) is 12.0 Å². The average molecular weight is 371 g/mol. The van der Waals surface area contributed by atoms with E-state index in [0.29, 0.717) is 6.54 Å². The lowest BCUT2D eigenvalue weighted by Crippen LogP contribution is -3.00. The molecular weight excluding hydrogens is 353 g/mol. The van der Waals surface area contributed by atoms with Crippen molar-refractivity contribution < 1.29 is 33.3 Å². The zero-order chi connectivity index (χ0) is 13.0. The van der Waals surface area contributed by atoms with Gasteiger partial charge in [-0.3, -0.25) is 0 Å². The number of aromatic nitrogens is 2. The molecule has 0 atom stereocenters. The van der Waals surface area contributed by atoms with Gasteiger partial charge in [-0.15, -0.1) is 0 Å². The maximum absolute atomic E-state index is 12.1. The minimum absolute atomic E-state index is 0. The van der Waals surface area contributed by atoms with Crippen molar-refractivity contribution in [3.05, 3.63) is 54.6 Å². The van der Waals surface area contributed by atoms with E-state index < -0.39 is 0 Å². The van der Waals surface area contributed by atoms with Crippen molar-refractivity contribution in [2.75, 3.05) is 13.6 Å². The molecule has 2 rings (SSSR count). The highest BCUT2D eigenvalue weighted by Gasteiger charge is 2.16. The molecule has 0 radical (unpaired) electrons. The van der Waals surface area contributed by atoms with Crippen LogP contribution in [0.1, 0.15) is 5.56 Å². The predicted octanol–water partition coefficient (Wildman–Crippen LogP) is -1.54. The molecule has 5 heteroatoms. The first-order valence-corrected chi connectivity index (χ1v) is 5.99. The molecule has 0 fully saturated rings. The van der Waals surface area contributed by atoms with Gasteiger partial charge in [-0.1, -0.05) is 30.3 Å². The zero-order valence-corrected chi connectivity index (χ0v) is 13.3. The molecule has 0 aliphatic carbocycles. The SMILES string of the molecule is CN(CCc1ccccc1)C(=O)n1cc[n+](C)c1.[I-]. The van der Waals surface area contributed by atoms with Crippen LogP contribution in [-0.2, 0) is 13.5 Å². The number of hydrogen-bond donors (Lipinski definition) is 0. The average Bonchev–Trinajstić information content (AvgIpc) is 2.83. The van der Waals surface area contributed by atoms with E-state index in [-0.39, 0.29) is 30.0 Å². The molecule has 0 saturated carbocycles. The topological polar surface area (TPSA) is 29.1 Å². The monoisotopic (exact) mass is 371 g/mol. The number of likely N-dealkylation sites (N-methyl/N-ethyl adjacent to an activating group) is 1. The summed E-state index contributed by atoms with van der Waals surface area (Å²) in [4.78, 5) is 13.8. The zero-order valence-electron chi connectivity index (χ0n) is 11.2. The Morgan fingerprint density at radius 1 is 1.32 bits per heavy atom. The number of carbonyl (C=O) groups is 1. The van der Waals surface area contributed by atoms with Gasteiger partial charge in [0.05, 0.1) is 7.05 Å². The summed E-state index contributed by atoms with van der Waals surface area (Å²) < 4.78 is 3.44. The number of imidazole rings is 1. The highest BCUT2D eigenvalue weighted by Crippen LogP contribution is 2.01. The van der Waals surface area contributed by atoms with E-state index in [2.05, 4.69) is 12.1 Å². The molecule has 4 nitrogen and oxygen atoms in total. The number of nitrogens with zero attached hydrogens (tertiary/aromatic N) is 3. The first-order chi connectivity index (χ1) is 8.66. The third-order valence-electron chi connectivity index (χ3n) is 2.90. The molecule has 0 N–H and O–H groups in total. The molecule has 0 saturated heterocycles. The van der Waals surface area contributed by atoms with E-state index in [1.807, 2.05) is 43.1 Å². The van der Waals surface area contributed by atoms with Crippen LogP contribution in [0.25, 0.3) is 0 Å². The van der Waals surface area contributed by atoms with E-state index in [4.69, 9.17) is 0 Å². The van der Waals surface area contributed by atoms with E-state index in [0.717, 1.165) is 6.42 Å². The number of carbonyl (C=O) groups excluding carboxylic acids is 1. The van der Waals surface area contributed by atoms with Gasteiger partial charge >= 0.3 is 6.03 Å². The molecule has 0 spiro atoms. The number of rotatable bonds is 3. The first-order valence-electron chi connectivity index (χ1n) is 5.99. The third-order valence-corrected chi connectivity index (χ3v) is 2.90. The molecule has 1 aromatic heterocycles. The Labute approximate surface area is 130 Å². The van der Waals surface area contributed by atoms with Crippen LogP contribution >= 0.6 is 0 Å². The smallest absolute Gasteiger partial charge is 0.415 e. The fourth-order valence-corrected chi connectivity index (χ4v) is 1.80. The van der Waals surface area contributed by atoms with Crippen LogP contribution in [0.5, 0.6) is 0 Å².